The largest absolute Gasteiger partial charge is 0.478 e. The maximum atomic E-state index is 13.2. The summed E-state index contributed by atoms with van der Waals surface area (Å²) in [6.45, 7) is 7.06. The van der Waals surface area contributed by atoms with Crippen molar-refractivity contribution in [3.05, 3.63) is 70.1 Å². The van der Waals surface area contributed by atoms with Gasteiger partial charge in [0, 0.05) is 29.7 Å². The first-order valence-electron chi connectivity index (χ1n) is 9.90. The van der Waals surface area contributed by atoms with E-state index in [0.717, 1.165) is 5.56 Å². The Morgan fingerprint density at radius 3 is 2.60 bits per heavy atom. The predicted octanol–water partition coefficient (Wildman–Crippen LogP) is 4.18. The topological polar surface area (TPSA) is 53.0 Å². The zero-order valence-electron chi connectivity index (χ0n) is 17.3. The number of halogens is 2. The molecule has 160 valence electrons. The van der Waals surface area contributed by atoms with E-state index >= 15 is 0 Å². The number of aliphatic hydroxyl groups is 1. The molecule has 0 aliphatic carbocycles. The molecule has 0 amide bonds. The van der Waals surface area contributed by atoms with Crippen LogP contribution in [-0.4, -0.2) is 46.2 Å². The van der Waals surface area contributed by atoms with Crippen molar-refractivity contribution in [2.24, 2.45) is 0 Å². The molecular formula is C23H26ClFN2O3. The fraction of sp³-hybridized carbons (Fsp3) is 0.391. The molecule has 0 aromatic heterocycles. The van der Waals surface area contributed by atoms with Crippen LogP contribution >= 0.6 is 11.6 Å². The first kappa shape index (κ1) is 22.3. The van der Waals surface area contributed by atoms with Crippen LogP contribution in [0, 0.1) is 5.82 Å². The van der Waals surface area contributed by atoms with Gasteiger partial charge in [-0.1, -0.05) is 23.7 Å². The first-order chi connectivity index (χ1) is 14.3. The maximum Gasteiger partial charge on any atom is 0.147 e. The molecule has 3 rings (SSSR count). The quantitative estimate of drug-likeness (QED) is 0.694. The van der Waals surface area contributed by atoms with Crippen molar-refractivity contribution in [3.63, 3.8) is 0 Å². The van der Waals surface area contributed by atoms with Crippen LogP contribution in [0.3, 0.4) is 0 Å². The Kier molecular flexibility index (Phi) is 7.16. The third-order valence-electron chi connectivity index (χ3n) is 5.46. The van der Waals surface area contributed by atoms with E-state index in [1.165, 1.54) is 12.1 Å². The van der Waals surface area contributed by atoms with E-state index in [-0.39, 0.29) is 24.6 Å². The van der Waals surface area contributed by atoms with Gasteiger partial charge in [0.15, 0.2) is 0 Å². The summed E-state index contributed by atoms with van der Waals surface area (Å²) in [5.74, 6) is 2.36. The molecule has 5 nitrogen and oxygen atoms in total. The van der Waals surface area contributed by atoms with Crippen molar-refractivity contribution in [2.45, 2.75) is 45.5 Å². The number of hydrogen-bond acceptors (Lipinski definition) is 5. The van der Waals surface area contributed by atoms with Crippen molar-refractivity contribution in [1.82, 2.24) is 9.80 Å². The number of carbonyl (C=O) groups excluding carboxylic acids is 1. The van der Waals surface area contributed by atoms with Gasteiger partial charge in [0.1, 0.15) is 29.9 Å². The van der Waals surface area contributed by atoms with Gasteiger partial charge >= 0.3 is 0 Å². The summed E-state index contributed by atoms with van der Waals surface area (Å²) < 4.78 is 19.2. The molecule has 0 radical (unpaired) electrons. The molecule has 0 bridgehead atoms. The molecule has 0 saturated carbocycles. The lowest BCUT2D eigenvalue weighted by molar-refractivity contribution is 0.0273. The molecule has 0 spiro atoms. The highest BCUT2D eigenvalue weighted by Gasteiger charge is 2.34. The smallest absolute Gasteiger partial charge is 0.147 e. The molecular weight excluding hydrogens is 407 g/mol. The standard InChI is InChI=1S/C23H26ClFN2O3/c1-15-11-26(14-30-23-9-6-19(24)10-21(23)17(3)29)16(2)22(13-28)27(15)12-18-4-7-20(25)8-5-18/h4-10,15-17,29H,11-12,14H2,1-3H3/t15-,16+,17?/m0/s1. The molecule has 1 aliphatic heterocycles. The van der Waals surface area contributed by atoms with Crippen LogP contribution in [0.4, 0.5) is 4.39 Å². The van der Waals surface area contributed by atoms with Crippen molar-refractivity contribution in [3.8, 4) is 5.75 Å². The number of ether oxygens (including phenoxy) is 1. The van der Waals surface area contributed by atoms with E-state index in [0.29, 0.717) is 35.1 Å². The average Bonchev–Trinajstić information content (AvgIpc) is 2.71. The van der Waals surface area contributed by atoms with Gasteiger partial charge < -0.3 is 14.7 Å². The Balaban J connectivity index is 1.72. The summed E-state index contributed by atoms with van der Waals surface area (Å²) in [5.41, 5.74) is 2.08. The summed E-state index contributed by atoms with van der Waals surface area (Å²) in [5, 5.41) is 10.5. The van der Waals surface area contributed by atoms with E-state index in [9.17, 15) is 14.3 Å². The van der Waals surface area contributed by atoms with E-state index in [1.54, 1.807) is 37.3 Å². The number of aliphatic hydroxyl groups excluding tert-OH is 1. The Bertz CT molecular complexity index is 929. The van der Waals surface area contributed by atoms with E-state index in [4.69, 9.17) is 16.3 Å². The minimum Gasteiger partial charge on any atom is -0.478 e. The number of hydrogen-bond donors (Lipinski definition) is 1. The second-order valence-corrected chi connectivity index (χ2v) is 8.11. The summed E-state index contributed by atoms with van der Waals surface area (Å²) in [7, 11) is 0. The molecule has 2 aromatic rings. The van der Waals surface area contributed by atoms with Crippen LogP contribution in [-0.2, 0) is 11.3 Å². The number of benzene rings is 2. The highest BCUT2D eigenvalue weighted by Crippen LogP contribution is 2.30. The first-order valence-corrected chi connectivity index (χ1v) is 10.3. The SMILES string of the molecule is CC(O)c1cc(Cl)ccc1OCN1C[C@H](C)N(Cc2ccc(F)cc2)C(=C=O)[C@H]1C. The van der Waals surface area contributed by atoms with Crippen LogP contribution in [0.2, 0.25) is 5.02 Å². The van der Waals surface area contributed by atoms with E-state index in [2.05, 4.69) is 5.94 Å². The van der Waals surface area contributed by atoms with Gasteiger partial charge in [0.2, 0.25) is 0 Å². The van der Waals surface area contributed by atoms with Crippen LogP contribution in [0.25, 0.3) is 0 Å². The zero-order valence-corrected chi connectivity index (χ0v) is 18.1. The Morgan fingerprint density at radius 2 is 1.97 bits per heavy atom. The van der Waals surface area contributed by atoms with Gasteiger partial charge in [-0.3, -0.25) is 4.90 Å². The lowest BCUT2D eigenvalue weighted by Crippen LogP contribution is -2.55. The molecule has 1 aliphatic rings. The lowest BCUT2D eigenvalue weighted by atomic mass is 10.0. The fourth-order valence-electron chi connectivity index (χ4n) is 3.71. The van der Waals surface area contributed by atoms with Crippen molar-refractivity contribution < 1.29 is 19.0 Å². The van der Waals surface area contributed by atoms with E-state index in [1.807, 2.05) is 23.6 Å². The highest BCUT2D eigenvalue weighted by molar-refractivity contribution is 6.30. The summed E-state index contributed by atoms with van der Waals surface area (Å²) in [6, 6.07) is 11.3. The molecule has 1 N–H and O–H groups in total. The Labute approximate surface area is 181 Å². The summed E-state index contributed by atoms with van der Waals surface area (Å²) in [4.78, 5) is 15.8. The number of nitrogens with zero attached hydrogens (tertiary/aromatic N) is 2. The van der Waals surface area contributed by atoms with Gasteiger partial charge in [-0.05, 0) is 56.7 Å². The fourth-order valence-corrected chi connectivity index (χ4v) is 3.89. The highest BCUT2D eigenvalue weighted by atomic mass is 35.5. The van der Waals surface area contributed by atoms with Crippen LogP contribution < -0.4 is 4.74 Å². The van der Waals surface area contributed by atoms with E-state index < -0.39 is 6.10 Å². The summed E-state index contributed by atoms with van der Waals surface area (Å²) >= 11 is 6.03. The molecule has 7 heteroatoms. The van der Waals surface area contributed by atoms with Crippen LogP contribution in [0.5, 0.6) is 5.75 Å². The number of rotatable bonds is 6. The molecule has 1 heterocycles. The van der Waals surface area contributed by atoms with Gasteiger partial charge in [0.05, 0.1) is 12.1 Å². The van der Waals surface area contributed by atoms with Gasteiger partial charge in [-0.2, -0.15) is 0 Å². The van der Waals surface area contributed by atoms with Crippen molar-refractivity contribution in [2.75, 3.05) is 13.3 Å². The number of piperazine rings is 1. The van der Waals surface area contributed by atoms with Crippen molar-refractivity contribution >= 4 is 17.5 Å². The van der Waals surface area contributed by atoms with Crippen molar-refractivity contribution in [1.29, 1.82) is 0 Å². The molecule has 1 saturated heterocycles. The normalized spacial score (nSPS) is 20.7. The van der Waals surface area contributed by atoms with Crippen LogP contribution in [0.1, 0.15) is 38.0 Å². The third-order valence-corrected chi connectivity index (χ3v) is 5.70. The molecule has 2 aromatic carbocycles. The Morgan fingerprint density at radius 1 is 1.27 bits per heavy atom. The van der Waals surface area contributed by atoms with Gasteiger partial charge in [-0.25, -0.2) is 9.18 Å². The second kappa shape index (κ2) is 9.63. The molecule has 30 heavy (non-hydrogen) atoms. The minimum atomic E-state index is -0.715. The molecule has 1 unspecified atom stereocenters. The van der Waals surface area contributed by atoms with Crippen LogP contribution in [0.15, 0.2) is 48.2 Å². The lowest BCUT2D eigenvalue weighted by Gasteiger charge is -2.45. The predicted molar refractivity (Wildman–Crippen MR) is 114 cm³/mol. The molecule has 1 fully saturated rings. The zero-order chi connectivity index (χ0) is 21.8. The van der Waals surface area contributed by atoms with Gasteiger partial charge in [-0.15, -0.1) is 0 Å². The monoisotopic (exact) mass is 432 g/mol. The summed E-state index contributed by atoms with van der Waals surface area (Å²) in [6.07, 6.45) is -0.715. The van der Waals surface area contributed by atoms with Gasteiger partial charge in [0.25, 0.3) is 0 Å². The Hall–Kier alpha value is -2.37. The third kappa shape index (κ3) is 5.02. The second-order valence-electron chi connectivity index (χ2n) is 7.67. The maximum absolute atomic E-state index is 13.2. The molecule has 3 atom stereocenters. The minimum absolute atomic E-state index is 0.0350. The average molecular weight is 433 g/mol.